The smallest absolute Gasteiger partial charge is 0.118 e. The third-order valence-electron chi connectivity index (χ3n) is 10.5. The number of methoxy groups -OCH3 is 1. The van der Waals surface area contributed by atoms with Crippen LogP contribution in [0.25, 0.3) is 0 Å². The van der Waals surface area contributed by atoms with Crippen molar-refractivity contribution in [2.24, 2.45) is 0 Å². The van der Waals surface area contributed by atoms with Crippen LogP contribution < -0.4 is 4.74 Å². The normalized spacial score (nSPS) is 19.0. The fourth-order valence-electron chi connectivity index (χ4n) is 7.42. The molecule has 1 heterocycles. The van der Waals surface area contributed by atoms with Gasteiger partial charge in [0.1, 0.15) is 36.3 Å². The summed E-state index contributed by atoms with van der Waals surface area (Å²) in [6, 6.07) is 55.6. The molecule has 1 aliphatic heterocycles. The average Bonchev–Trinajstić information content (AvgIpc) is 3.29. The van der Waals surface area contributed by atoms with Crippen LogP contribution in [0.15, 0.2) is 176 Å². The molecule has 0 N–H and O–H groups in total. The number of hydrogen-bond donors (Lipinski definition) is 0. The fourth-order valence-corrected chi connectivity index (χ4v) is 7.42. The van der Waals surface area contributed by atoms with E-state index in [2.05, 4.69) is 85.4 Å². The molecule has 1 aliphatic rings. The average molecular weight is 791 g/mol. The Labute approximate surface area is 349 Å². The zero-order valence-corrected chi connectivity index (χ0v) is 33.8. The second-order valence-electron chi connectivity index (χ2n) is 14.7. The summed E-state index contributed by atoms with van der Waals surface area (Å²) in [5.74, 6) is 0.823. The van der Waals surface area contributed by atoms with Crippen LogP contribution in [0.4, 0.5) is 0 Å². The van der Waals surface area contributed by atoms with E-state index in [4.69, 9.17) is 33.2 Å². The molecule has 0 aliphatic carbocycles. The summed E-state index contributed by atoms with van der Waals surface area (Å²) in [6.07, 6.45) is -0.291. The molecule has 5 atom stereocenters. The van der Waals surface area contributed by atoms with Crippen molar-refractivity contribution in [3.8, 4) is 5.75 Å². The lowest BCUT2D eigenvalue weighted by Gasteiger charge is -2.47. The van der Waals surface area contributed by atoms with Crippen LogP contribution in [0.1, 0.15) is 50.6 Å². The lowest BCUT2D eigenvalue weighted by Crippen LogP contribution is -2.58. The Hall–Kier alpha value is -5.38. The van der Waals surface area contributed by atoms with Gasteiger partial charge in [0.05, 0.1) is 53.4 Å². The van der Waals surface area contributed by atoms with E-state index in [0.717, 1.165) is 44.7 Å². The standard InChI is InChI=1S/C52H54O7/c1-3-30-54-37-45-27-24-44(31-39-25-28-46(53-2)29-26-39)32-47(45)49-51(57-35-42-20-12-6-13-21-42)52(58-36-43-22-14-7-15-23-43)50(56-34-41-18-10-5-11-19-41)48(59-49)38-55-33-40-16-8-4-9-17-40/h3-29,32,48-52H,1,30-31,33-38H2,2H3. The molecule has 0 amide bonds. The molecule has 6 aromatic rings. The molecule has 0 bridgehead atoms. The lowest BCUT2D eigenvalue weighted by atomic mass is 9.87. The van der Waals surface area contributed by atoms with Gasteiger partial charge in [0, 0.05) is 0 Å². The van der Waals surface area contributed by atoms with Crippen molar-refractivity contribution in [1.29, 1.82) is 0 Å². The topological polar surface area (TPSA) is 64.6 Å². The highest BCUT2D eigenvalue weighted by atomic mass is 16.6. The predicted molar refractivity (Wildman–Crippen MR) is 231 cm³/mol. The Morgan fingerprint density at radius 1 is 0.508 bits per heavy atom. The van der Waals surface area contributed by atoms with Gasteiger partial charge in [0.25, 0.3) is 0 Å². The zero-order valence-electron chi connectivity index (χ0n) is 33.8. The van der Waals surface area contributed by atoms with Gasteiger partial charge in [-0.2, -0.15) is 0 Å². The van der Waals surface area contributed by atoms with Gasteiger partial charge in [-0.05, 0) is 63.1 Å². The molecule has 59 heavy (non-hydrogen) atoms. The Balaban J connectivity index is 1.30. The molecule has 6 aromatic carbocycles. The largest absolute Gasteiger partial charge is 0.497 e. The maximum atomic E-state index is 7.33. The van der Waals surface area contributed by atoms with Crippen LogP contribution in [0.3, 0.4) is 0 Å². The first kappa shape index (κ1) is 41.8. The van der Waals surface area contributed by atoms with Crippen LogP contribution in [0, 0.1) is 0 Å². The van der Waals surface area contributed by atoms with E-state index >= 15 is 0 Å². The summed E-state index contributed by atoms with van der Waals surface area (Å²) in [7, 11) is 1.68. The van der Waals surface area contributed by atoms with Gasteiger partial charge in [-0.3, -0.25) is 0 Å². The molecule has 7 rings (SSSR count). The van der Waals surface area contributed by atoms with Crippen molar-refractivity contribution < 1.29 is 33.2 Å². The van der Waals surface area contributed by atoms with Crippen molar-refractivity contribution in [1.82, 2.24) is 0 Å². The van der Waals surface area contributed by atoms with E-state index in [0.29, 0.717) is 46.1 Å². The second-order valence-corrected chi connectivity index (χ2v) is 14.7. The Bertz CT molecular complexity index is 2110. The first-order valence-electron chi connectivity index (χ1n) is 20.3. The number of benzene rings is 6. The molecular formula is C52H54O7. The highest BCUT2D eigenvalue weighted by Crippen LogP contribution is 2.40. The molecule has 1 fully saturated rings. The minimum Gasteiger partial charge on any atom is -0.497 e. The number of ether oxygens (including phenoxy) is 7. The van der Waals surface area contributed by atoms with E-state index in [-0.39, 0.29) is 6.61 Å². The maximum absolute atomic E-state index is 7.33. The quantitative estimate of drug-likeness (QED) is 0.0531. The fraction of sp³-hybridized carbons (Fsp3) is 0.269. The van der Waals surface area contributed by atoms with Crippen molar-refractivity contribution in [3.63, 3.8) is 0 Å². The summed E-state index contributed by atoms with van der Waals surface area (Å²) in [6.45, 7) is 6.45. The zero-order chi connectivity index (χ0) is 40.5. The highest BCUT2D eigenvalue weighted by molar-refractivity contribution is 5.39. The molecule has 0 radical (unpaired) electrons. The molecule has 7 heteroatoms. The molecule has 5 unspecified atom stereocenters. The van der Waals surface area contributed by atoms with Crippen LogP contribution in [0.2, 0.25) is 0 Å². The number of hydrogen-bond acceptors (Lipinski definition) is 7. The summed E-state index contributed by atoms with van der Waals surface area (Å²) < 4.78 is 46.4. The van der Waals surface area contributed by atoms with Crippen LogP contribution >= 0.6 is 0 Å². The molecule has 0 saturated carbocycles. The minimum absolute atomic E-state index is 0.273. The second kappa shape index (κ2) is 22.1. The molecule has 0 spiro atoms. The Kier molecular flexibility index (Phi) is 15.7. The Morgan fingerprint density at radius 3 is 1.56 bits per heavy atom. The SMILES string of the molecule is C=CCOCc1ccc(Cc2ccc(OC)cc2)cc1C1OC(COCc2ccccc2)C(OCc2ccccc2)C(OCc2ccccc2)C1OCc1ccccc1. The van der Waals surface area contributed by atoms with Crippen molar-refractivity contribution in [2.75, 3.05) is 20.3 Å². The lowest BCUT2D eigenvalue weighted by molar-refractivity contribution is -0.275. The third kappa shape index (κ3) is 12.1. The van der Waals surface area contributed by atoms with Gasteiger partial charge < -0.3 is 33.2 Å². The first-order valence-corrected chi connectivity index (χ1v) is 20.3. The maximum Gasteiger partial charge on any atom is 0.118 e. The monoisotopic (exact) mass is 790 g/mol. The molecule has 0 aromatic heterocycles. The van der Waals surface area contributed by atoms with Crippen LogP contribution in [-0.4, -0.2) is 44.7 Å². The number of rotatable bonds is 21. The summed E-state index contributed by atoms with van der Waals surface area (Å²) in [5, 5.41) is 0. The molecular weight excluding hydrogens is 737 g/mol. The van der Waals surface area contributed by atoms with Gasteiger partial charge in [-0.25, -0.2) is 0 Å². The van der Waals surface area contributed by atoms with E-state index in [9.17, 15) is 0 Å². The highest BCUT2D eigenvalue weighted by Gasteiger charge is 2.49. The van der Waals surface area contributed by atoms with Crippen molar-refractivity contribution in [2.45, 2.75) is 70.0 Å². The Morgan fingerprint density at radius 2 is 1.02 bits per heavy atom. The van der Waals surface area contributed by atoms with Gasteiger partial charge in [0.15, 0.2) is 0 Å². The van der Waals surface area contributed by atoms with E-state index < -0.39 is 30.5 Å². The van der Waals surface area contributed by atoms with Crippen LogP contribution in [0.5, 0.6) is 5.75 Å². The van der Waals surface area contributed by atoms with E-state index in [1.807, 2.05) is 84.9 Å². The van der Waals surface area contributed by atoms with Gasteiger partial charge >= 0.3 is 0 Å². The van der Waals surface area contributed by atoms with E-state index in [1.54, 1.807) is 13.2 Å². The van der Waals surface area contributed by atoms with Crippen molar-refractivity contribution >= 4 is 0 Å². The summed E-state index contributed by atoms with van der Waals surface area (Å²) in [4.78, 5) is 0. The van der Waals surface area contributed by atoms with Gasteiger partial charge in [0.2, 0.25) is 0 Å². The molecule has 1 saturated heterocycles. The summed E-state index contributed by atoms with van der Waals surface area (Å²) in [5.41, 5.74) is 8.50. The molecule has 304 valence electrons. The van der Waals surface area contributed by atoms with Gasteiger partial charge in [-0.15, -0.1) is 6.58 Å². The summed E-state index contributed by atoms with van der Waals surface area (Å²) >= 11 is 0. The third-order valence-corrected chi connectivity index (χ3v) is 10.5. The molecule has 7 nitrogen and oxygen atoms in total. The van der Waals surface area contributed by atoms with Crippen LogP contribution in [-0.2, 0) is 67.9 Å². The van der Waals surface area contributed by atoms with Crippen molar-refractivity contribution in [3.05, 3.63) is 221 Å². The first-order chi connectivity index (χ1) is 29.2. The van der Waals surface area contributed by atoms with E-state index in [1.165, 1.54) is 5.56 Å². The van der Waals surface area contributed by atoms with Gasteiger partial charge in [-0.1, -0.05) is 158 Å². The predicted octanol–water partition coefficient (Wildman–Crippen LogP) is 10.4. The minimum atomic E-state index is -0.584.